The van der Waals surface area contributed by atoms with Gasteiger partial charge in [0.2, 0.25) is 0 Å². The zero-order valence-corrected chi connectivity index (χ0v) is 26.8. The molecular formula is C36H40N2O4S2. The van der Waals surface area contributed by atoms with Crippen LogP contribution in [0.4, 0.5) is 11.4 Å². The molecule has 0 saturated heterocycles. The fourth-order valence-corrected chi connectivity index (χ4v) is 9.58. The molecule has 2 aliphatic heterocycles. The van der Waals surface area contributed by atoms with Crippen LogP contribution in [0.2, 0.25) is 0 Å². The van der Waals surface area contributed by atoms with Crippen LogP contribution in [0.1, 0.15) is 62.5 Å². The fourth-order valence-electron chi connectivity index (χ4n) is 6.98. The average Bonchev–Trinajstić information content (AvgIpc) is 3.57. The molecule has 4 N–H and O–H groups in total. The maximum Gasteiger partial charge on any atom is 0.0900 e. The van der Waals surface area contributed by atoms with E-state index in [2.05, 4.69) is 47.9 Å². The smallest absolute Gasteiger partial charge is 0.0900 e. The Labute approximate surface area is 268 Å². The Morgan fingerprint density at radius 3 is 1.27 bits per heavy atom. The maximum absolute atomic E-state index is 11.4. The quantitative estimate of drug-likeness (QED) is 0.223. The molecule has 0 bridgehead atoms. The number of aliphatic hydroxyl groups excluding tert-OH is 4. The molecular weight excluding hydrogens is 589 g/mol. The van der Waals surface area contributed by atoms with Crippen molar-refractivity contribution in [3.05, 3.63) is 105 Å². The normalized spacial score (nSPS) is 27.4. The maximum atomic E-state index is 11.4. The van der Waals surface area contributed by atoms with Gasteiger partial charge in [-0.1, -0.05) is 98.7 Å². The van der Waals surface area contributed by atoms with Crippen molar-refractivity contribution in [1.82, 2.24) is 0 Å². The molecule has 230 valence electrons. The van der Waals surface area contributed by atoms with Gasteiger partial charge in [0.1, 0.15) is 0 Å². The molecule has 6 nitrogen and oxygen atoms in total. The van der Waals surface area contributed by atoms with Crippen molar-refractivity contribution < 1.29 is 20.4 Å². The van der Waals surface area contributed by atoms with Crippen LogP contribution in [0.15, 0.2) is 104 Å². The number of benzene rings is 3. The summed E-state index contributed by atoms with van der Waals surface area (Å²) in [4.78, 5) is 6.80. The van der Waals surface area contributed by atoms with Gasteiger partial charge >= 0.3 is 0 Å². The van der Waals surface area contributed by atoms with E-state index in [9.17, 15) is 20.4 Å². The summed E-state index contributed by atoms with van der Waals surface area (Å²) in [6, 6.07) is 24.2. The Balaban J connectivity index is 1.09. The van der Waals surface area contributed by atoms with E-state index < -0.39 is 36.3 Å². The number of hydrogen-bond acceptors (Lipinski definition) is 8. The van der Waals surface area contributed by atoms with Gasteiger partial charge < -0.3 is 30.2 Å². The van der Waals surface area contributed by atoms with E-state index in [1.807, 2.05) is 48.5 Å². The van der Waals surface area contributed by atoms with Gasteiger partial charge in [0.25, 0.3) is 0 Å². The zero-order chi connectivity index (χ0) is 30.5. The Morgan fingerprint density at radius 1 is 0.545 bits per heavy atom. The largest absolute Gasteiger partial charge is 0.388 e. The molecule has 2 fully saturated rings. The highest BCUT2D eigenvalue weighted by atomic mass is 32.2. The number of rotatable bonds is 8. The van der Waals surface area contributed by atoms with Crippen LogP contribution in [0.5, 0.6) is 0 Å². The van der Waals surface area contributed by atoms with E-state index in [1.54, 1.807) is 23.5 Å². The molecule has 0 radical (unpaired) electrons. The summed E-state index contributed by atoms with van der Waals surface area (Å²) in [5, 5.41) is 47.3. The number of aliphatic hydroxyl groups is 4. The molecule has 2 aliphatic carbocycles. The third-order valence-corrected chi connectivity index (χ3v) is 12.0. The van der Waals surface area contributed by atoms with Crippen LogP contribution in [-0.2, 0) is 0 Å². The summed E-state index contributed by atoms with van der Waals surface area (Å²) < 4.78 is 0. The van der Waals surface area contributed by atoms with Crippen LogP contribution in [0.25, 0.3) is 0 Å². The Morgan fingerprint density at radius 2 is 0.909 bits per heavy atom. The van der Waals surface area contributed by atoms with Gasteiger partial charge in [-0.15, -0.1) is 0 Å². The summed E-state index contributed by atoms with van der Waals surface area (Å²) in [5.41, 5.74) is 5.38. The first kappa shape index (κ1) is 30.0. The SMILES string of the molecule is CCCCN1C(=C2C(O)C(c3ccc(C4C(O)C(=C5Sc6ccccc6N5CCCC)C4O)cc3)C2O)Sc2ccccc21. The highest BCUT2D eigenvalue weighted by Gasteiger charge is 2.51. The van der Waals surface area contributed by atoms with E-state index >= 15 is 0 Å². The molecule has 3 aromatic rings. The molecule has 2 saturated carbocycles. The molecule has 0 amide bonds. The topological polar surface area (TPSA) is 87.4 Å². The second kappa shape index (κ2) is 12.2. The second-order valence-corrected chi connectivity index (χ2v) is 14.2. The lowest BCUT2D eigenvalue weighted by atomic mass is 9.68. The lowest BCUT2D eigenvalue weighted by molar-refractivity contribution is 0.00990. The van der Waals surface area contributed by atoms with Gasteiger partial charge in [-0.3, -0.25) is 0 Å². The predicted molar refractivity (Wildman–Crippen MR) is 179 cm³/mol. The number of hydrogen-bond donors (Lipinski definition) is 4. The minimum absolute atomic E-state index is 0.418. The van der Waals surface area contributed by atoms with Crippen molar-refractivity contribution >= 4 is 34.9 Å². The Bertz CT molecular complexity index is 1460. The average molecular weight is 629 g/mol. The highest BCUT2D eigenvalue weighted by Crippen LogP contribution is 2.55. The number of para-hydroxylation sites is 2. The molecule has 2 heterocycles. The van der Waals surface area contributed by atoms with Gasteiger partial charge in [0, 0.05) is 45.9 Å². The molecule has 3 aromatic carbocycles. The molecule has 7 rings (SSSR count). The van der Waals surface area contributed by atoms with Crippen LogP contribution in [-0.4, -0.2) is 57.9 Å². The van der Waals surface area contributed by atoms with Gasteiger partial charge in [-0.05, 0) is 48.2 Å². The first-order chi connectivity index (χ1) is 21.4. The summed E-state index contributed by atoms with van der Waals surface area (Å²) >= 11 is 3.26. The molecule has 0 aromatic heterocycles. The first-order valence-electron chi connectivity index (χ1n) is 15.8. The monoisotopic (exact) mass is 628 g/mol. The van der Waals surface area contributed by atoms with E-state index in [0.717, 1.165) is 81.1 Å². The summed E-state index contributed by atoms with van der Waals surface area (Å²) in [7, 11) is 0. The number of unbranched alkanes of at least 4 members (excludes halogenated alkanes) is 2. The number of fused-ring (bicyclic) bond motifs is 2. The van der Waals surface area contributed by atoms with Crippen LogP contribution in [0.3, 0.4) is 0 Å². The van der Waals surface area contributed by atoms with E-state index in [-0.39, 0.29) is 0 Å². The second-order valence-electron chi connectivity index (χ2n) is 12.2. The van der Waals surface area contributed by atoms with Gasteiger partial charge in [-0.25, -0.2) is 0 Å². The van der Waals surface area contributed by atoms with Gasteiger partial charge in [-0.2, -0.15) is 0 Å². The number of anilines is 2. The Hall–Kier alpha value is -2.72. The first-order valence-corrected chi connectivity index (χ1v) is 17.5. The standard InChI is InChI=1S/C36H40N2O4S2/c1-3-5-19-37-23-11-7-9-13-25(23)43-35(37)29-31(39)27(32(29)40)21-15-17-22(18-16-21)28-33(41)30(34(28)42)36-38(20-6-4-2)24-12-8-10-14-26(24)44-36/h7-18,27-28,31-34,39-42H,3-6,19-20H2,1-2H3. The van der Waals surface area contributed by atoms with Gasteiger partial charge in [0.15, 0.2) is 0 Å². The lowest BCUT2D eigenvalue weighted by Gasteiger charge is -2.45. The molecule has 44 heavy (non-hydrogen) atoms. The molecule has 4 aliphatic rings. The summed E-state index contributed by atoms with van der Waals surface area (Å²) in [5.74, 6) is -0.836. The van der Waals surface area contributed by atoms with Crippen molar-refractivity contribution in [2.75, 3.05) is 22.9 Å². The number of nitrogens with zero attached hydrogens (tertiary/aromatic N) is 2. The third-order valence-electron chi connectivity index (χ3n) is 9.52. The van der Waals surface area contributed by atoms with Gasteiger partial charge in [0.05, 0.1) is 45.8 Å². The van der Waals surface area contributed by atoms with E-state index in [4.69, 9.17) is 0 Å². The zero-order valence-electron chi connectivity index (χ0n) is 25.1. The summed E-state index contributed by atoms with van der Waals surface area (Å²) in [6.45, 7) is 6.04. The Kier molecular flexibility index (Phi) is 8.33. The van der Waals surface area contributed by atoms with Crippen molar-refractivity contribution in [1.29, 1.82) is 0 Å². The molecule has 8 heteroatoms. The number of thioether (sulfide) groups is 2. The fraction of sp³-hybridized carbons (Fsp3) is 0.389. The van der Waals surface area contributed by atoms with Crippen molar-refractivity contribution in [3.8, 4) is 0 Å². The van der Waals surface area contributed by atoms with Crippen LogP contribution >= 0.6 is 23.5 Å². The minimum atomic E-state index is -0.775. The molecule has 4 unspecified atom stereocenters. The van der Waals surface area contributed by atoms with E-state index in [0.29, 0.717) is 11.1 Å². The molecule has 0 spiro atoms. The minimum Gasteiger partial charge on any atom is -0.388 e. The van der Waals surface area contributed by atoms with Crippen molar-refractivity contribution in [3.63, 3.8) is 0 Å². The van der Waals surface area contributed by atoms with Crippen LogP contribution in [0, 0.1) is 0 Å². The van der Waals surface area contributed by atoms with E-state index in [1.165, 1.54) is 0 Å². The van der Waals surface area contributed by atoms with Crippen LogP contribution < -0.4 is 9.80 Å². The molecule has 4 atom stereocenters. The van der Waals surface area contributed by atoms with Crippen molar-refractivity contribution in [2.45, 2.75) is 85.6 Å². The highest BCUT2D eigenvalue weighted by molar-refractivity contribution is 8.04. The lowest BCUT2D eigenvalue weighted by Crippen LogP contribution is -2.49. The predicted octanol–water partition coefficient (Wildman–Crippen LogP) is 6.57. The summed E-state index contributed by atoms with van der Waals surface area (Å²) in [6.07, 6.45) is 1.10. The third kappa shape index (κ3) is 4.82. The van der Waals surface area contributed by atoms with Crippen molar-refractivity contribution in [2.24, 2.45) is 0 Å².